The van der Waals surface area contributed by atoms with Crippen LogP contribution in [0.25, 0.3) is 0 Å². The maximum Gasteiger partial charge on any atom is 0.409 e. The van der Waals surface area contributed by atoms with E-state index in [4.69, 9.17) is 0 Å². The molecule has 3 heterocycles. The molecule has 0 radical (unpaired) electrons. The van der Waals surface area contributed by atoms with Gasteiger partial charge < -0.3 is 20.3 Å². The van der Waals surface area contributed by atoms with Gasteiger partial charge in [0, 0.05) is 50.4 Å². The van der Waals surface area contributed by atoms with E-state index in [1.165, 1.54) is 47.3 Å². The topological polar surface area (TPSA) is 140 Å². The molecule has 3 aromatic rings. The first-order valence-electron chi connectivity index (χ1n) is 13.2. The van der Waals surface area contributed by atoms with Gasteiger partial charge in [0.25, 0.3) is 11.4 Å². The molecule has 0 fully saturated rings. The molecule has 210 valence electrons. The Labute approximate surface area is 232 Å². The molecule has 3 aliphatic heterocycles. The molecule has 0 saturated heterocycles. The number of non-ortho nitro benzene ring substituents is 2. The molecule has 3 aliphatic rings. The minimum atomic E-state index is -0.433. The van der Waals surface area contributed by atoms with E-state index in [2.05, 4.69) is 39.6 Å². The van der Waals surface area contributed by atoms with Crippen LogP contribution in [-0.4, -0.2) is 47.6 Å². The molecule has 0 unspecified atom stereocenters. The predicted molar refractivity (Wildman–Crippen MR) is 150 cm³/mol. The summed E-state index contributed by atoms with van der Waals surface area (Å²) in [6.45, 7) is 4.84. The number of hydrogen-bond acceptors (Lipinski definition) is 8. The lowest BCUT2D eigenvalue weighted by Crippen LogP contribution is -2.35. The number of methoxy groups -OCH3 is 1. The third kappa shape index (κ3) is 7.39. The van der Waals surface area contributed by atoms with Crippen molar-refractivity contribution in [2.45, 2.75) is 38.9 Å². The predicted octanol–water partition coefficient (Wildman–Crippen LogP) is 4.29. The van der Waals surface area contributed by atoms with Gasteiger partial charge >= 0.3 is 6.09 Å². The second-order valence-corrected chi connectivity index (χ2v) is 9.68. The van der Waals surface area contributed by atoms with Crippen LogP contribution >= 0.6 is 0 Å². The second-order valence-electron chi connectivity index (χ2n) is 9.68. The highest BCUT2D eigenvalue weighted by atomic mass is 16.6. The Bertz CT molecular complexity index is 1350. The van der Waals surface area contributed by atoms with Crippen molar-refractivity contribution in [2.75, 3.05) is 26.7 Å². The Balaban J connectivity index is 0.000000143. The number of nitro benzene ring substituents is 2. The van der Waals surface area contributed by atoms with E-state index in [0.717, 1.165) is 49.3 Å². The molecule has 40 heavy (non-hydrogen) atoms. The molecular weight excluding hydrogens is 514 g/mol. The lowest BCUT2D eigenvalue weighted by atomic mass is 9.99. The Kier molecular flexibility index (Phi) is 9.76. The van der Waals surface area contributed by atoms with Crippen LogP contribution in [0.2, 0.25) is 0 Å². The molecular formula is C29H33N5O6. The van der Waals surface area contributed by atoms with Crippen molar-refractivity contribution in [3.8, 4) is 0 Å². The fourth-order valence-electron chi connectivity index (χ4n) is 4.94. The third-order valence-corrected chi connectivity index (χ3v) is 7.14. The maximum absolute atomic E-state index is 11.4. The largest absolute Gasteiger partial charge is 0.453 e. The monoisotopic (exact) mass is 547 g/mol. The molecule has 3 aromatic carbocycles. The Hall–Kier alpha value is -4.35. The number of nitrogens with one attached hydrogen (secondary N) is 2. The van der Waals surface area contributed by atoms with E-state index in [1.807, 2.05) is 6.07 Å². The zero-order valence-electron chi connectivity index (χ0n) is 22.4. The van der Waals surface area contributed by atoms with E-state index in [9.17, 15) is 25.0 Å². The number of carbonyl (C=O) groups excluding carboxylic acids is 1. The first-order chi connectivity index (χ1) is 19.4. The zero-order valence-corrected chi connectivity index (χ0v) is 22.4. The van der Waals surface area contributed by atoms with Gasteiger partial charge in [-0.25, -0.2) is 4.79 Å². The minimum absolute atomic E-state index is 0.0514. The summed E-state index contributed by atoms with van der Waals surface area (Å²) in [6, 6.07) is 18.5. The number of nitro groups is 2. The molecule has 0 bridgehead atoms. The van der Waals surface area contributed by atoms with E-state index in [1.54, 1.807) is 18.2 Å². The first kappa shape index (κ1) is 28.7. The van der Waals surface area contributed by atoms with Crippen LogP contribution < -0.4 is 10.6 Å². The fourth-order valence-corrected chi connectivity index (χ4v) is 4.94. The summed E-state index contributed by atoms with van der Waals surface area (Å²) in [5, 5.41) is 27.7. The number of nitrogens with zero attached hydrogens (tertiary/aromatic N) is 3. The Morgan fingerprint density at radius 2 is 1.27 bits per heavy atom. The minimum Gasteiger partial charge on any atom is -0.453 e. The van der Waals surface area contributed by atoms with Gasteiger partial charge in [-0.1, -0.05) is 36.4 Å². The lowest BCUT2D eigenvalue weighted by Gasteiger charge is -2.27. The molecule has 6 rings (SSSR count). The maximum atomic E-state index is 11.4. The summed E-state index contributed by atoms with van der Waals surface area (Å²) in [7, 11) is 1.32. The average Bonchev–Trinajstić information content (AvgIpc) is 3.00. The Morgan fingerprint density at radius 3 is 1.85 bits per heavy atom. The fraction of sp³-hybridized carbons (Fsp3) is 0.345. The van der Waals surface area contributed by atoms with Gasteiger partial charge in [-0.2, -0.15) is 0 Å². The number of amides is 1. The van der Waals surface area contributed by atoms with Crippen molar-refractivity contribution in [1.82, 2.24) is 15.5 Å². The Morgan fingerprint density at radius 1 is 0.750 bits per heavy atom. The van der Waals surface area contributed by atoms with Crippen LogP contribution in [0.1, 0.15) is 33.4 Å². The quantitative estimate of drug-likeness (QED) is 0.358. The van der Waals surface area contributed by atoms with Gasteiger partial charge in [-0.15, -0.1) is 0 Å². The zero-order chi connectivity index (χ0) is 28.5. The van der Waals surface area contributed by atoms with Crippen LogP contribution in [-0.2, 0) is 43.6 Å². The second kappa shape index (κ2) is 13.6. The molecule has 2 N–H and O–H groups in total. The summed E-state index contributed by atoms with van der Waals surface area (Å²) in [5.41, 5.74) is 7.37. The first-order valence-corrected chi connectivity index (χ1v) is 13.2. The normalized spacial score (nSPS) is 15.0. The molecule has 0 spiro atoms. The number of rotatable bonds is 2. The van der Waals surface area contributed by atoms with E-state index >= 15 is 0 Å². The molecule has 0 saturated carbocycles. The van der Waals surface area contributed by atoms with Crippen LogP contribution in [0.3, 0.4) is 0 Å². The molecule has 1 amide bonds. The van der Waals surface area contributed by atoms with E-state index in [-0.39, 0.29) is 16.3 Å². The average molecular weight is 548 g/mol. The summed E-state index contributed by atoms with van der Waals surface area (Å²) in [6.07, 6.45) is 2.45. The number of fused-ring (bicyclic) bond motifs is 3. The molecule has 11 heteroatoms. The van der Waals surface area contributed by atoms with Crippen LogP contribution in [0, 0.1) is 20.2 Å². The van der Waals surface area contributed by atoms with Gasteiger partial charge in [0.2, 0.25) is 0 Å². The van der Waals surface area contributed by atoms with Gasteiger partial charge in [-0.3, -0.25) is 20.2 Å². The SMILES string of the molecule is COC(=O)N1CCc2ccc([N+](=O)[O-])cc2C1.O=[N+]([O-])c1ccc2c(c1)CNCC2.c1ccc2c(c1)CCNC2. The third-order valence-electron chi connectivity index (χ3n) is 7.14. The number of benzene rings is 3. The summed E-state index contributed by atoms with van der Waals surface area (Å²) in [5.74, 6) is 0. The summed E-state index contributed by atoms with van der Waals surface area (Å²) in [4.78, 5) is 33.2. The van der Waals surface area contributed by atoms with Crippen molar-refractivity contribution in [3.05, 3.63) is 114 Å². The van der Waals surface area contributed by atoms with Crippen molar-refractivity contribution in [3.63, 3.8) is 0 Å². The van der Waals surface area contributed by atoms with E-state index < -0.39 is 11.0 Å². The number of ether oxygens (including phenoxy) is 1. The van der Waals surface area contributed by atoms with Crippen molar-refractivity contribution < 1.29 is 19.4 Å². The van der Waals surface area contributed by atoms with Gasteiger partial charge in [-0.05, 0) is 65.7 Å². The van der Waals surface area contributed by atoms with E-state index in [0.29, 0.717) is 19.5 Å². The highest BCUT2D eigenvalue weighted by molar-refractivity contribution is 5.68. The van der Waals surface area contributed by atoms with Crippen molar-refractivity contribution in [1.29, 1.82) is 0 Å². The molecule has 11 nitrogen and oxygen atoms in total. The van der Waals surface area contributed by atoms with Gasteiger partial charge in [0.1, 0.15) is 0 Å². The molecule has 0 aliphatic carbocycles. The number of carbonyl (C=O) groups is 1. The summed E-state index contributed by atoms with van der Waals surface area (Å²) >= 11 is 0. The van der Waals surface area contributed by atoms with Gasteiger partial charge in [0.05, 0.1) is 17.0 Å². The lowest BCUT2D eigenvalue weighted by molar-refractivity contribution is -0.385. The molecule has 0 aromatic heterocycles. The number of hydrogen-bond donors (Lipinski definition) is 2. The smallest absolute Gasteiger partial charge is 0.409 e. The summed E-state index contributed by atoms with van der Waals surface area (Å²) < 4.78 is 4.64. The van der Waals surface area contributed by atoms with Crippen molar-refractivity contribution in [2.24, 2.45) is 0 Å². The van der Waals surface area contributed by atoms with Crippen LogP contribution in [0.4, 0.5) is 16.2 Å². The standard InChI is InChI=1S/C11H12N2O4.C9H10N2O2.C9H11N/c1-17-11(14)12-5-4-8-2-3-10(13(15)16)6-9(8)7-12;12-11(13)9-2-1-7-3-4-10-6-8(7)5-9;1-2-4-9-7-10-6-5-8(9)3-1/h2-3,6H,4-5,7H2,1H3;1-2,5,10H,3-4,6H2;1-4,10H,5-7H2. The van der Waals surface area contributed by atoms with Crippen molar-refractivity contribution >= 4 is 17.5 Å². The highest BCUT2D eigenvalue weighted by Gasteiger charge is 2.22. The van der Waals surface area contributed by atoms with Crippen LogP contribution in [0.5, 0.6) is 0 Å². The van der Waals surface area contributed by atoms with Gasteiger partial charge in [0.15, 0.2) is 0 Å². The van der Waals surface area contributed by atoms with Crippen LogP contribution in [0.15, 0.2) is 60.7 Å². The highest BCUT2D eigenvalue weighted by Crippen LogP contribution is 2.24. The molecule has 0 atom stereocenters.